The minimum absolute atomic E-state index is 0. The fourth-order valence-corrected chi connectivity index (χ4v) is 10.5. The Balaban J connectivity index is 0.000000844. The first kappa shape index (κ1) is 34.1. The van der Waals surface area contributed by atoms with Gasteiger partial charge in [-0.3, -0.25) is 0 Å². The standard InChI is InChI=1S/C22H36N.C9H21P.Ru/c1-7-18-14-13-15-19(8-2)20(18)23-17-21(9-3,10-4)16-22(23,11-5)12-6;1-7(2)10(8(3)4)9(5)6;/h13-15,17H,7-12,16H2,1-6H3;7-9H,1-6H3;/q-1;;+1/p+1. The molecular weight excluding hydrogens is 518 g/mol. The van der Waals surface area contributed by atoms with Crippen LogP contribution in [0.25, 0.3) is 0 Å². The first-order chi connectivity index (χ1) is 15.5. The van der Waals surface area contributed by atoms with E-state index in [4.69, 9.17) is 0 Å². The number of aryl methyl sites for hydroxylation is 2. The average molecular weight is 577 g/mol. The first-order valence-corrected chi connectivity index (χ1v) is 15.9. The molecule has 34 heavy (non-hydrogen) atoms. The van der Waals surface area contributed by atoms with Crippen molar-refractivity contribution in [3.63, 3.8) is 0 Å². The van der Waals surface area contributed by atoms with Gasteiger partial charge in [0.1, 0.15) is 0 Å². The molecule has 0 spiro atoms. The normalized spacial score (nSPS) is 16.8. The molecule has 1 aromatic rings. The summed E-state index contributed by atoms with van der Waals surface area (Å²) in [5, 5.41) is 0. The quantitative estimate of drug-likeness (QED) is 0.152. The first-order valence-electron chi connectivity index (χ1n) is 14.1. The van der Waals surface area contributed by atoms with E-state index in [1.165, 1.54) is 48.9 Å². The SMILES string of the molecule is CC(C)[PH+](C(C)C)C(C)C.CCc1cccc(CC)c1N1[CH-]C(CC)(CC)CC1(CC)CC.[Ru+]. The van der Waals surface area contributed by atoms with E-state index in [-0.39, 0.29) is 27.4 Å². The molecule has 1 aromatic carbocycles. The van der Waals surface area contributed by atoms with Gasteiger partial charge in [-0.15, -0.1) is 5.41 Å². The molecule has 0 aromatic heterocycles. The fraction of sp³-hybridized carbons (Fsp3) is 0.774. The number of anilines is 1. The maximum atomic E-state index is 2.72. The fourth-order valence-electron chi connectivity index (χ4n) is 6.55. The molecule has 3 heteroatoms. The third kappa shape index (κ3) is 7.78. The van der Waals surface area contributed by atoms with Gasteiger partial charge < -0.3 is 4.90 Å². The smallest absolute Gasteiger partial charge is 0.517 e. The van der Waals surface area contributed by atoms with Crippen LogP contribution in [0.2, 0.25) is 0 Å². The van der Waals surface area contributed by atoms with Gasteiger partial charge in [0.25, 0.3) is 0 Å². The third-order valence-corrected chi connectivity index (χ3v) is 12.5. The second kappa shape index (κ2) is 15.4. The second-order valence-electron chi connectivity index (χ2n) is 11.3. The molecule has 1 fully saturated rings. The van der Waals surface area contributed by atoms with E-state index in [9.17, 15) is 0 Å². The molecule has 1 saturated heterocycles. The Morgan fingerprint density at radius 2 is 1.18 bits per heavy atom. The van der Waals surface area contributed by atoms with Crippen LogP contribution in [0.3, 0.4) is 0 Å². The van der Waals surface area contributed by atoms with E-state index in [1.54, 1.807) is 0 Å². The number of hydrogen-bond acceptors (Lipinski definition) is 1. The summed E-state index contributed by atoms with van der Waals surface area (Å²) in [7, 11) is -0.0957. The Labute approximate surface area is 229 Å². The van der Waals surface area contributed by atoms with Gasteiger partial charge in [-0.05, 0) is 78.4 Å². The Kier molecular flexibility index (Phi) is 15.4. The van der Waals surface area contributed by atoms with Crippen LogP contribution < -0.4 is 4.90 Å². The van der Waals surface area contributed by atoms with Crippen LogP contribution in [0.1, 0.15) is 126 Å². The van der Waals surface area contributed by atoms with Gasteiger partial charge in [-0.1, -0.05) is 79.0 Å². The monoisotopic (exact) mass is 577 g/mol. The van der Waals surface area contributed by atoms with Gasteiger partial charge in [0.15, 0.2) is 0 Å². The van der Waals surface area contributed by atoms with Crippen molar-refractivity contribution in [3.8, 4) is 0 Å². The summed E-state index contributed by atoms with van der Waals surface area (Å²) in [4.78, 5) is 2.72. The van der Waals surface area contributed by atoms with E-state index in [2.05, 4.69) is 113 Å². The molecule has 0 atom stereocenters. The Morgan fingerprint density at radius 3 is 1.44 bits per heavy atom. The van der Waals surface area contributed by atoms with Gasteiger partial charge in [-0.25, -0.2) is 6.54 Å². The van der Waals surface area contributed by atoms with E-state index in [0.29, 0.717) is 11.0 Å². The van der Waals surface area contributed by atoms with Crippen molar-refractivity contribution in [1.82, 2.24) is 0 Å². The predicted molar refractivity (Wildman–Crippen MR) is 157 cm³/mol. The molecule has 0 bridgehead atoms. The summed E-state index contributed by atoms with van der Waals surface area (Å²) in [6.45, 7) is 30.9. The van der Waals surface area contributed by atoms with Crippen LogP contribution in [0.15, 0.2) is 18.2 Å². The second-order valence-corrected chi connectivity index (χ2v) is 15.7. The van der Waals surface area contributed by atoms with Crippen molar-refractivity contribution in [3.05, 3.63) is 35.9 Å². The number of hydrogen-bond donors (Lipinski definition) is 0. The molecule has 1 nitrogen and oxygen atoms in total. The van der Waals surface area contributed by atoms with E-state index < -0.39 is 0 Å². The van der Waals surface area contributed by atoms with Crippen molar-refractivity contribution in [2.75, 3.05) is 4.90 Å². The van der Waals surface area contributed by atoms with E-state index >= 15 is 0 Å². The zero-order valence-electron chi connectivity index (χ0n) is 24.8. The molecule has 0 amide bonds. The van der Waals surface area contributed by atoms with Crippen LogP contribution in [-0.2, 0) is 32.3 Å². The maximum Gasteiger partial charge on any atom is 1.00 e. The predicted octanol–water partition coefficient (Wildman–Crippen LogP) is 9.97. The van der Waals surface area contributed by atoms with Crippen molar-refractivity contribution in [2.24, 2.45) is 5.41 Å². The molecule has 1 aliphatic heterocycles. The van der Waals surface area contributed by atoms with Gasteiger partial charge in [0.2, 0.25) is 0 Å². The topological polar surface area (TPSA) is 3.24 Å². The molecule has 199 valence electrons. The Morgan fingerprint density at radius 1 is 0.765 bits per heavy atom. The van der Waals surface area contributed by atoms with E-state index in [1.807, 2.05) is 0 Å². The number of rotatable bonds is 10. The van der Waals surface area contributed by atoms with Crippen LogP contribution in [0.5, 0.6) is 0 Å². The Hall–Kier alpha value is 0.0734. The summed E-state index contributed by atoms with van der Waals surface area (Å²) >= 11 is 0. The van der Waals surface area contributed by atoms with Crippen molar-refractivity contribution in [1.29, 1.82) is 0 Å². The molecule has 1 aliphatic rings. The third-order valence-electron chi connectivity index (χ3n) is 8.53. The van der Waals surface area contributed by atoms with Gasteiger partial charge in [-0.2, -0.15) is 0 Å². The van der Waals surface area contributed by atoms with Crippen molar-refractivity contribution < 1.29 is 19.5 Å². The van der Waals surface area contributed by atoms with Gasteiger partial charge in [0.05, 0.1) is 17.0 Å². The Bertz CT molecular complexity index is 647. The molecule has 1 heterocycles. The van der Waals surface area contributed by atoms with E-state index in [0.717, 1.165) is 29.8 Å². The molecule has 0 saturated carbocycles. The summed E-state index contributed by atoms with van der Waals surface area (Å²) in [5.74, 6) is 0. The number of benzene rings is 1. The minimum atomic E-state index is -0.0957. The molecule has 2 rings (SSSR count). The van der Waals surface area contributed by atoms with Crippen LogP contribution in [0, 0.1) is 12.0 Å². The summed E-state index contributed by atoms with van der Waals surface area (Å²) in [5.41, 5.74) is 8.01. The molecule has 0 N–H and O–H groups in total. The molecule has 0 aliphatic carbocycles. The number of para-hydroxylation sites is 1. The van der Waals surface area contributed by atoms with Gasteiger partial charge in [0, 0.05) is 19.1 Å². The van der Waals surface area contributed by atoms with Crippen LogP contribution in [0.4, 0.5) is 5.69 Å². The largest absolute Gasteiger partial charge is 1.00 e. The van der Waals surface area contributed by atoms with Crippen molar-refractivity contribution >= 4 is 13.6 Å². The molecule has 0 unspecified atom stereocenters. The number of nitrogens with zero attached hydrogens (tertiary/aromatic N) is 1. The summed E-state index contributed by atoms with van der Waals surface area (Å²) in [6.07, 6.45) is 8.48. The summed E-state index contributed by atoms with van der Waals surface area (Å²) < 4.78 is 0. The minimum Gasteiger partial charge on any atom is -0.517 e. The molecular formula is C31H58NPRu+. The van der Waals surface area contributed by atoms with Crippen molar-refractivity contribution in [2.45, 2.75) is 151 Å². The summed E-state index contributed by atoms with van der Waals surface area (Å²) in [6, 6.07) is 6.90. The molecule has 1 radical (unpaired) electrons. The zero-order valence-corrected chi connectivity index (χ0v) is 27.5. The van der Waals surface area contributed by atoms with Gasteiger partial charge >= 0.3 is 19.5 Å². The van der Waals surface area contributed by atoms with Crippen LogP contribution >= 0.6 is 7.92 Å². The average Bonchev–Trinajstić information content (AvgIpc) is 3.13. The van der Waals surface area contributed by atoms with Crippen LogP contribution in [-0.4, -0.2) is 22.5 Å². The maximum absolute atomic E-state index is 2.72. The zero-order chi connectivity index (χ0) is 25.4.